The predicted molar refractivity (Wildman–Crippen MR) is 121 cm³/mol. The van der Waals surface area contributed by atoms with Crippen LogP contribution >= 0.6 is 0 Å². The van der Waals surface area contributed by atoms with Gasteiger partial charge in [-0.15, -0.1) is 0 Å². The molecule has 0 saturated carbocycles. The zero-order chi connectivity index (χ0) is 20.0. The number of aryl methyl sites for hydroxylation is 2. The van der Waals surface area contributed by atoms with Crippen molar-refractivity contribution in [1.82, 2.24) is 0 Å². The molecule has 3 heteroatoms. The molecule has 0 aliphatic heterocycles. The number of hydrogen-bond donors (Lipinski definition) is 0. The Hall–Kier alpha value is -3.18. The van der Waals surface area contributed by atoms with Gasteiger partial charge in [0.15, 0.2) is 0 Å². The van der Waals surface area contributed by atoms with E-state index in [4.69, 9.17) is 6.57 Å². The third-order valence-electron chi connectivity index (χ3n) is 5.48. The monoisotopic (exact) mass is 439 g/mol. The van der Waals surface area contributed by atoms with E-state index in [1.165, 1.54) is 47.2 Å². The van der Waals surface area contributed by atoms with Gasteiger partial charge in [-0.3, -0.25) is 0 Å². The Morgan fingerprint density at radius 3 is 2.45 bits per heavy atom. The van der Waals surface area contributed by atoms with Crippen LogP contribution in [0.1, 0.15) is 5.56 Å². The van der Waals surface area contributed by atoms with Crippen LogP contribution in [0.5, 0.6) is 0 Å². The summed E-state index contributed by atoms with van der Waals surface area (Å²) in [6, 6.07) is 25.6. The van der Waals surface area contributed by atoms with Crippen LogP contribution in [0, 0.1) is 13.5 Å². The molecule has 0 spiro atoms. The first kappa shape index (κ1) is 17.9. The van der Waals surface area contributed by atoms with Crippen molar-refractivity contribution in [3.05, 3.63) is 96.0 Å². The SMILES string of the molecule is [C-]#[N+]c1ccc2c(c1)[se]c1c(-c3cc(-c4ccccc4)cc[n+]3C)c(C)ccc12. The molecule has 0 bridgehead atoms. The minimum absolute atomic E-state index is 0.197. The maximum atomic E-state index is 7.34. The summed E-state index contributed by atoms with van der Waals surface area (Å²) >= 11 is 0.197. The van der Waals surface area contributed by atoms with Gasteiger partial charge in [-0.1, -0.05) is 0 Å². The normalized spacial score (nSPS) is 11.1. The standard InChI is InChI=1S/C26H19N2Se/c1-17-9-11-22-21-12-10-20(27-2)16-24(21)29-26(22)25(17)23-15-19(13-14-28(23)3)18-7-5-4-6-8-18/h4-16H,1,3H3/q+1. The van der Waals surface area contributed by atoms with Crippen molar-refractivity contribution < 1.29 is 4.57 Å². The topological polar surface area (TPSA) is 8.24 Å². The minimum atomic E-state index is 0.197. The average Bonchev–Trinajstić information content (AvgIpc) is 3.12. The second kappa shape index (κ2) is 7.01. The fourth-order valence-corrected chi connectivity index (χ4v) is 6.76. The van der Waals surface area contributed by atoms with E-state index in [2.05, 4.69) is 96.3 Å². The Labute approximate surface area is 176 Å². The summed E-state index contributed by atoms with van der Waals surface area (Å²) in [5, 5.41) is 2.61. The number of fused-ring (bicyclic) bond motifs is 3. The number of pyridine rings is 1. The van der Waals surface area contributed by atoms with Gasteiger partial charge in [-0.2, -0.15) is 0 Å². The molecule has 0 fully saturated rings. The van der Waals surface area contributed by atoms with E-state index in [9.17, 15) is 0 Å². The number of hydrogen-bond acceptors (Lipinski definition) is 0. The van der Waals surface area contributed by atoms with Crippen LogP contribution in [0.3, 0.4) is 0 Å². The second-order valence-corrected chi connectivity index (χ2v) is 9.51. The zero-order valence-electron chi connectivity index (χ0n) is 16.3. The molecular formula is C26H19N2Se+. The summed E-state index contributed by atoms with van der Waals surface area (Å²) in [6.07, 6.45) is 2.16. The molecular weight excluding hydrogens is 419 g/mol. The van der Waals surface area contributed by atoms with Crippen LogP contribution in [-0.4, -0.2) is 14.5 Å². The summed E-state index contributed by atoms with van der Waals surface area (Å²) in [5.74, 6) is 0. The van der Waals surface area contributed by atoms with E-state index >= 15 is 0 Å². The molecule has 29 heavy (non-hydrogen) atoms. The summed E-state index contributed by atoms with van der Waals surface area (Å²) in [5.41, 5.74) is 7.06. The Bertz CT molecular complexity index is 1420. The molecule has 0 amide bonds. The molecule has 0 N–H and O–H groups in total. The van der Waals surface area contributed by atoms with Crippen molar-refractivity contribution in [2.75, 3.05) is 0 Å². The molecule has 138 valence electrons. The molecule has 5 aromatic rings. The van der Waals surface area contributed by atoms with Crippen LogP contribution in [0.4, 0.5) is 5.69 Å². The number of benzene rings is 3. The van der Waals surface area contributed by atoms with Crippen LogP contribution in [0.15, 0.2) is 79.0 Å². The number of nitrogens with zero attached hydrogens (tertiary/aromatic N) is 2. The number of rotatable bonds is 2. The quantitative estimate of drug-likeness (QED) is 0.180. The molecule has 5 rings (SSSR count). The van der Waals surface area contributed by atoms with E-state index in [0.29, 0.717) is 0 Å². The Morgan fingerprint density at radius 2 is 1.66 bits per heavy atom. The van der Waals surface area contributed by atoms with Crippen molar-refractivity contribution in [2.45, 2.75) is 6.92 Å². The zero-order valence-corrected chi connectivity index (χ0v) is 18.0. The van der Waals surface area contributed by atoms with Gasteiger partial charge in [0.2, 0.25) is 0 Å². The van der Waals surface area contributed by atoms with Gasteiger partial charge in [0, 0.05) is 0 Å². The Balaban J connectivity index is 1.81. The maximum absolute atomic E-state index is 7.34. The molecule has 2 aromatic heterocycles. The average molecular weight is 438 g/mol. The van der Waals surface area contributed by atoms with Gasteiger partial charge in [0.05, 0.1) is 0 Å². The summed E-state index contributed by atoms with van der Waals surface area (Å²) < 4.78 is 4.96. The van der Waals surface area contributed by atoms with Crippen molar-refractivity contribution in [3.63, 3.8) is 0 Å². The molecule has 3 aromatic carbocycles. The summed E-state index contributed by atoms with van der Waals surface area (Å²) in [7, 11) is 2.12. The molecule has 0 aliphatic carbocycles. The van der Waals surface area contributed by atoms with Gasteiger partial charge in [0.1, 0.15) is 0 Å². The van der Waals surface area contributed by atoms with Crippen molar-refractivity contribution in [3.8, 4) is 22.4 Å². The second-order valence-electron chi connectivity index (χ2n) is 7.31. The van der Waals surface area contributed by atoms with Crippen LogP contribution in [0.2, 0.25) is 0 Å². The number of aromatic nitrogens is 1. The van der Waals surface area contributed by atoms with Crippen LogP contribution in [-0.2, 0) is 7.05 Å². The first-order valence-electron chi connectivity index (χ1n) is 9.54. The predicted octanol–water partition coefficient (Wildman–Crippen LogP) is 6.07. The molecule has 0 atom stereocenters. The van der Waals surface area contributed by atoms with Crippen LogP contribution in [0.25, 0.3) is 46.5 Å². The first-order chi connectivity index (χ1) is 14.2. The van der Waals surface area contributed by atoms with Crippen molar-refractivity contribution in [2.24, 2.45) is 7.05 Å². The van der Waals surface area contributed by atoms with E-state index in [1.54, 1.807) is 0 Å². The van der Waals surface area contributed by atoms with Gasteiger partial charge >= 0.3 is 176 Å². The molecule has 0 saturated heterocycles. The molecule has 2 heterocycles. The van der Waals surface area contributed by atoms with E-state index < -0.39 is 0 Å². The Morgan fingerprint density at radius 1 is 0.862 bits per heavy atom. The third kappa shape index (κ3) is 2.98. The fraction of sp³-hybridized carbons (Fsp3) is 0.0769. The van der Waals surface area contributed by atoms with E-state index in [-0.39, 0.29) is 14.5 Å². The molecule has 0 unspecified atom stereocenters. The Kier molecular flexibility index (Phi) is 4.32. The summed E-state index contributed by atoms with van der Waals surface area (Å²) in [6.45, 7) is 9.54. The molecule has 0 aliphatic rings. The summed E-state index contributed by atoms with van der Waals surface area (Å²) in [4.78, 5) is 3.62. The van der Waals surface area contributed by atoms with Gasteiger partial charge < -0.3 is 0 Å². The molecule has 0 radical (unpaired) electrons. The van der Waals surface area contributed by atoms with Gasteiger partial charge in [0.25, 0.3) is 0 Å². The van der Waals surface area contributed by atoms with E-state index in [0.717, 1.165) is 5.69 Å². The van der Waals surface area contributed by atoms with E-state index in [1.807, 2.05) is 6.07 Å². The van der Waals surface area contributed by atoms with Gasteiger partial charge in [-0.05, 0) is 0 Å². The van der Waals surface area contributed by atoms with Gasteiger partial charge in [-0.25, -0.2) is 0 Å². The van der Waals surface area contributed by atoms with Crippen molar-refractivity contribution >= 4 is 39.5 Å². The fourth-order valence-electron chi connectivity index (χ4n) is 3.94. The molecule has 2 nitrogen and oxygen atoms in total. The third-order valence-corrected chi connectivity index (χ3v) is 7.96. The first-order valence-corrected chi connectivity index (χ1v) is 11.3. The van der Waals surface area contributed by atoms with Crippen molar-refractivity contribution in [1.29, 1.82) is 0 Å². The van der Waals surface area contributed by atoms with Crippen LogP contribution < -0.4 is 4.57 Å².